The van der Waals surface area contributed by atoms with Gasteiger partial charge in [-0.25, -0.2) is 4.98 Å². The minimum absolute atomic E-state index is 0.0249. The van der Waals surface area contributed by atoms with Gasteiger partial charge >= 0.3 is 0 Å². The highest BCUT2D eigenvalue weighted by Crippen LogP contribution is 2.38. The van der Waals surface area contributed by atoms with E-state index in [1.807, 2.05) is 31.2 Å². The molecule has 0 bridgehead atoms. The first-order chi connectivity index (χ1) is 19.4. The van der Waals surface area contributed by atoms with Crippen LogP contribution >= 0.6 is 11.6 Å². The lowest BCUT2D eigenvalue weighted by atomic mass is 9.84. The van der Waals surface area contributed by atoms with Crippen molar-refractivity contribution >= 4 is 28.7 Å². The van der Waals surface area contributed by atoms with Gasteiger partial charge in [-0.2, -0.15) is 0 Å². The van der Waals surface area contributed by atoms with Crippen molar-refractivity contribution in [2.45, 2.75) is 71.6 Å². The number of carbonyl (C=O) groups excluding carboxylic acids is 1. The van der Waals surface area contributed by atoms with Gasteiger partial charge in [0, 0.05) is 29.1 Å². The van der Waals surface area contributed by atoms with Gasteiger partial charge in [-0.15, -0.1) is 0 Å². The predicted molar refractivity (Wildman–Crippen MR) is 164 cm³/mol. The number of ketones is 1. The molecule has 1 aliphatic heterocycles. The fourth-order valence-electron chi connectivity index (χ4n) is 6.33. The minimum Gasteiger partial charge on any atom is -0.445 e. The zero-order valence-corrected chi connectivity index (χ0v) is 24.8. The van der Waals surface area contributed by atoms with E-state index >= 15 is 0 Å². The van der Waals surface area contributed by atoms with E-state index in [1.165, 1.54) is 0 Å². The van der Waals surface area contributed by atoms with Crippen LogP contribution in [0.25, 0.3) is 11.3 Å². The highest BCUT2D eigenvalue weighted by molar-refractivity contribution is 6.30. The molecule has 5 heteroatoms. The zero-order valence-electron chi connectivity index (χ0n) is 24.0. The van der Waals surface area contributed by atoms with Crippen LogP contribution in [-0.2, 0) is 11.2 Å². The lowest BCUT2D eigenvalue weighted by Gasteiger charge is -2.29. The summed E-state index contributed by atoms with van der Waals surface area (Å²) >= 11 is 6.32. The van der Waals surface area contributed by atoms with Gasteiger partial charge in [0.1, 0.15) is 5.76 Å². The highest BCUT2D eigenvalue weighted by atomic mass is 35.5. The van der Waals surface area contributed by atoms with Crippen LogP contribution in [-0.4, -0.2) is 28.8 Å². The summed E-state index contributed by atoms with van der Waals surface area (Å²) in [4.78, 5) is 20.9. The van der Waals surface area contributed by atoms with Crippen LogP contribution in [0.4, 0.5) is 0 Å². The Balaban J connectivity index is 1.30. The van der Waals surface area contributed by atoms with Crippen molar-refractivity contribution in [2.24, 2.45) is 11.8 Å². The van der Waals surface area contributed by atoms with Gasteiger partial charge in [0.2, 0.25) is 0 Å². The third kappa shape index (κ3) is 6.61. The number of hydrogen-bond acceptors (Lipinski definition) is 4. The van der Waals surface area contributed by atoms with Gasteiger partial charge in [0.25, 0.3) is 0 Å². The molecule has 3 unspecified atom stereocenters. The van der Waals surface area contributed by atoms with E-state index in [-0.39, 0.29) is 5.92 Å². The Labute approximate surface area is 244 Å². The Hall–Kier alpha value is -3.11. The summed E-state index contributed by atoms with van der Waals surface area (Å²) in [5.41, 5.74) is 5.54. The number of benzene rings is 2. The van der Waals surface area contributed by atoms with Crippen LogP contribution < -0.4 is 0 Å². The van der Waals surface area contributed by atoms with Crippen molar-refractivity contribution in [3.63, 3.8) is 0 Å². The molecule has 0 N–H and O–H groups in total. The standard InChI is InChI=1S/C35H41ClN2O2/c1-4-32-25(3)40-35(37-32)28-14-8-13-26(18-19-28)24(2)34(39)23-38-20-10-16-30(29-15-9-17-31(36)21-29)22-33(38)27-11-6-5-7-12-27/h5-7,9,11-12,15-17,21-22,24,26,28H,4,8,10,13-14,18-20,23H2,1-3H3. The summed E-state index contributed by atoms with van der Waals surface area (Å²) in [7, 11) is 0. The molecule has 0 saturated heterocycles. The molecule has 3 aromatic rings. The van der Waals surface area contributed by atoms with Crippen molar-refractivity contribution < 1.29 is 9.21 Å². The van der Waals surface area contributed by atoms with Gasteiger partial charge in [-0.3, -0.25) is 4.79 Å². The summed E-state index contributed by atoms with van der Waals surface area (Å²) < 4.78 is 6.05. The Morgan fingerprint density at radius 1 is 1.07 bits per heavy atom. The first-order valence-corrected chi connectivity index (χ1v) is 15.3. The Kier molecular flexibility index (Phi) is 9.26. The van der Waals surface area contributed by atoms with Crippen molar-refractivity contribution in [1.82, 2.24) is 9.88 Å². The second-order valence-electron chi connectivity index (χ2n) is 11.4. The van der Waals surface area contributed by atoms with E-state index in [9.17, 15) is 4.79 Å². The predicted octanol–water partition coefficient (Wildman–Crippen LogP) is 8.90. The molecule has 0 amide bonds. The van der Waals surface area contributed by atoms with Crippen LogP contribution in [0.3, 0.4) is 0 Å². The second-order valence-corrected chi connectivity index (χ2v) is 11.8. The number of nitrogens with zero attached hydrogens (tertiary/aromatic N) is 2. The molecule has 4 nitrogen and oxygen atoms in total. The van der Waals surface area contributed by atoms with Gasteiger partial charge in [-0.1, -0.05) is 80.4 Å². The lowest BCUT2D eigenvalue weighted by molar-refractivity contribution is -0.124. The van der Waals surface area contributed by atoms with Crippen molar-refractivity contribution in [1.29, 1.82) is 0 Å². The first kappa shape index (κ1) is 28.4. The number of allylic oxidation sites excluding steroid dienone is 2. The Morgan fingerprint density at radius 2 is 1.88 bits per heavy atom. The number of oxazole rings is 1. The van der Waals surface area contributed by atoms with E-state index in [4.69, 9.17) is 21.0 Å². The average Bonchev–Trinajstić information content (AvgIpc) is 3.12. The monoisotopic (exact) mass is 556 g/mol. The summed E-state index contributed by atoms with van der Waals surface area (Å²) in [6.45, 7) is 7.53. The fourth-order valence-corrected chi connectivity index (χ4v) is 6.52. The second kappa shape index (κ2) is 13.0. The van der Waals surface area contributed by atoms with Crippen LogP contribution in [0.1, 0.15) is 86.8 Å². The topological polar surface area (TPSA) is 46.3 Å². The van der Waals surface area contributed by atoms with Crippen LogP contribution in [0.15, 0.2) is 71.2 Å². The molecule has 2 aliphatic rings. The third-order valence-corrected chi connectivity index (χ3v) is 9.03. The molecule has 40 heavy (non-hydrogen) atoms. The van der Waals surface area contributed by atoms with Crippen molar-refractivity contribution in [2.75, 3.05) is 13.1 Å². The van der Waals surface area contributed by atoms with Crippen molar-refractivity contribution in [3.05, 3.63) is 100 Å². The summed E-state index contributed by atoms with van der Waals surface area (Å²) in [6, 6.07) is 18.4. The Morgan fingerprint density at radius 3 is 2.62 bits per heavy atom. The first-order valence-electron chi connectivity index (χ1n) is 14.9. The SMILES string of the molecule is CCc1nc(C2CCCC(C(C)C(=O)CN3CCC=C(c4cccc(Cl)c4)C=C3c3ccccc3)CC2)oc1C. The van der Waals surface area contributed by atoms with Crippen LogP contribution in [0, 0.1) is 18.8 Å². The molecule has 2 heterocycles. The molecule has 1 fully saturated rings. The Bertz CT molecular complexity index is 1370. The lowest BCUT2D eigenvalue weighted by Crippen LogP contribution is -2.34. The number of carbonyl (C=O) groups is 1. The van der Waals surface area contributed by atoms with Gasteiger partial charge in [0.05, 0.1) is 12.2 Å². The van der Waals surface area contributed by atoms with Crippen molar-refractivity contribution in [3.8, 4) is 0 Å². The average molecular weight is 557 g/mol. The zero-order chi connectivity index (χ0) is 28.1. The maximum Gasteiger partial charge on any atom is 0.197 e. The maximum atomic E-state index is 13.8. The van der Waals surface area contributed by atoms with E-state index in [2.05, 4.69) is 61.2 Å². The molecule has 1 aromatic heterocycles. The van der Waals surface area contributed by atoms with E-state index in [0.29, 0.717) is 24.2 Å². The van der Waals surface area contributed by atoms with E-state index < -0.39 is 0 Å². The van der Waals surface area contributed by atoms with E-state index in [1.54, 1.807) is 0 Å². The molecule has 1 saturated carbocycles. The number of aryl methyl sites for hydroxylation is 2. The largest absolute Gasteiger partial charge is 0.445 e. The molecule has 3 atom stereocenters. The maximum absolute atomic E-state index is 13.8. The molecular formula is C35H41ClN2O2. The fraction of sp³-hybridized carbons (Fsp3) is 0.429. The molecule has 0 spiro atoms. The number of halogens is 1. The quantitative estimate of drug-likeness (QED) is 0.260. The molecule has 5 rings (SSSR count). The molecule has 0 radical (unpaired) electrons. The normalized spacial score (nSPS) is 20.8. The van der Waals surface area contributed by atoms with Crippen LogP contribution in [0.5, 0.6) is 0 Å². The van der Waals surface area contributed by atoms with Gasteiger partial charge < -0.3 is 9.32 Å². The number of aromatic nitrogens is 1. The summed E-state index contributed by atoms with van der Waals surface area (Å²) in [5, 5.41) is 0.729. The van der Waals surface area contributed by atoms with Gasteiger partial charge in [0.15, 0.2) is 11.7 Å². The molecule has 210 valence electrons. The third-order valence-electron chi connectivity index (χ3n) is 8.79. The summed E-state index contributed by atoms with van der Waals surface area (Å²) in [5.74, 6) is 2.97. The smallest absolute Gasteiger partial charge is 0.197 e. The number of rotatable bonds is 8. The molecular weight excluding hydrogens is 516 g/mol. The molecule has 2 aromatic carbocycles. The van der Waals surface area contributed by atoms with E-state index in [0.717, 1.165) is 96.3 Å². The number of hydrogen-bond donors (Lipinski definition) is 0. The number of Topliss-reactive ketones (excluding diaryl/α,β-unsaturated/α-hetero) is 1. The molecule has 1 aliphatic carbocycles. The highest BCUT2D eigenvalue weighted by Gasteiger charge is 2.31. The minimum atomic E-state index is 0.0249. The summed E-state index contributed by atoms with van der Waals surface area (Å²) in [6.07, 6.45) is 11.6. The van der Waals surface area contributed by atoms with Gasteiger partial charge in [-0.05, 0) is 86.3 Å². The van der Waals surface area contributed by atoms with Crippen LogP contribution in [0.2, 0.25) is 5.02 Å².